The molecule has 1 aliphatic heterocycles. The summed E-state index contributed by atoms with van der Waals surface area (Å²) in [5.41, 5.74) is 0.229. The van der Waals surface area contributed by atoms with Gasteiger partial charge in [0.05, 0.1) is 34.3 Å². The molecule has 0 saturated carbocycles. The first-order valence-corrected chi connectivity index (χ1v) is 10.6. The fourth-order valence-corrected chi connectivity index (χ4v) is 3.92. The first-order chi connectivity index (χ1) is 15.3. The molecule has 0 spiro atoms. The van der Waals surface area contributed by atoms with Crippen molar-refractivity contribution in [3.8, 4) is 17.2 Å². The minimum absolute atomic E-state index is 0.0445. The van der Waals surface area contributed by atoms with Gasteiger partial charge in [-0.05, 0) is 35.4 Å². The molecule has 9 heteroatoms. The number of nitrogens with zero attached hydrogens (tertiary/aromatic N) is 1. The second-order valence-electron chi connectivity index (χ2n) is 7.83. The molecule has 32 heavy (non-hydrogen) atoms. The van der Waals surface area contributed by atoms with E-state index in [4.69, 9.17) is 25.8 Å². The molecule has 3 N–H and O–H groups in total. The van der Waals surface area contributed by atoms with Crippen molar-refractivity contribution in [3.63, 3.8) is 0 Å². The fourth-order valence-electron chi connectivity index (χ4n) is 3.79. The van der Waals surface area contributed by atoms with Crippen molar-refractivity contribution in [2.24, 2.45) is 0 Å². The van der Waals surface area contributed by atoms with Gasteiger partial charge in [0.1, 0.15) is 11.7 Å². The van der Waals surface area contributed by atoms with Crippen LogP contribution in [0.3, 0.4) is 0 Å². The number of aliphatic hydroxyl groups is 2. The van der Waals surface area contributed by atoms with Crippen LogP contribution in [0.1, 0.15) is 11.1 Å². The molecule has 1 saturated heterocycles. The number of β-amino-alcohol motifs (C(OH)–C–C–N with tert-alkyl or cyclic N) is 2. The largest absolute Gasteiger partial charge is 0.493 e. The van der Waals surface area contributed by atoms with Gasteiger partial charge in [-0.2, -0.15) is 0 Å². The number of aliphatic hydroxyl groups excluding tert-OH is 1. The van der Waals surface area contributed by atoms with E-state index >= 15 is 0 Å². The quantitative estimate of drug-likeness (QED) is 0.518. The van der Waals surface area contributed by atoms with Gasteiger partial charge >= 0.3 is 0 Å². The third-order valence-corrected chi connectivity index (χ3v) is 5.84. The van der Waals surface area contributed by atoms with Crippen molar-refractivity contribution >= 4 is 17.5 Å². The lowest BCUT2D eigenvalue weighted by atomic mass is 10.0. The van der Waals surface area contributed by atoms with Crippen LogP contribution in [-0.2, 0) is 17.8 Å². The number of rotatable bonds is 9. The Kier molecular flexibility index (Phi) is 7.84. The van der Waals surface area contributed by atoms with Gasteiger partial charge in [0, 0.05) is 24.7 Å². The van der Waals surface area contributed by atoms with Crippen LogP contribution in [0.2, 0.25) is 5.02 Å². The minimum atomic E-state index is -1.45. The van der Waals surface area contributed by atoms with Gasteiger partial charge < -0.3 is 34.6 Å². The molecule has 0 aliphatic carbocycles. The maximum Gasteiger partial charge on any atom is 0.227 e. The number of halogens is 1. The summed E-state index contributed by atoms with van der Waals surface area (Å²) in [4.78, 5) is 14.1. The predicted molar refractivity (Wildman–Crippen MR) is 120 cm³/mol. The standard InChI is InChI=1S/C23H29ClN2O6/c1-30-18-8-16(9-19(31-2)22(18)32-3)11-25-13-23(29)14-26(12-20(23)27)21(28)10-15-4-6-17(24)7-5-15/h4-9,20,25,27,29H,10-14H2,1-3H3/t20-,23+/m1/s1. The number of hydrogen-bond acceptors (Lipinski definition) is 7. The van der Waals surface area contributed by atoms with Gasteiger partial charge in [-0.3, -0.25) is 4.79 Å². The molecule has 2 aromatic carbocycles. The van der Waals surface area contributed by atoms with E-state index in [1.54, 1.807) is 38.5 Å². The Labute approximate surface area is 192 Å². The Hall–Kier alpha value is -2.52. The van der Waals surface area contributed by atoms with Gasteiger partial charge in [-0.15, -0.1) is 0 Å². The molecule has 1 aliphatic rings. The normalized spacial score (nSPS) is 20.3. The average molecular weight is 465 g/mol. The Morgan fingerprint density at radius 1 is 1.12 bits per heavy atom. The molecule has 1 fully saturated rings. The van der Waals surface area contributed by atoms with Gasteiger partial charge in [-0.25, -0.2) is 0 Å². The Morgan fingerprint density at radius 3 is 2.31 bits per heavy atom. The number of methoxy groups -OCH3 is 3. The van der Waals surface area contributed by atoms with Crippen LogP contribution < -0.4 is 19.5 Å². The lowest BCUT2D eigenvalue weighted by Crippen LogP contribution is -2.50. The molecule has 0 radical (unpaired) electrons. The molecule has 0 aromatic heterocycles. The minimum Gasteiger partial charge on any atom is -0.493 e. The first-order valence-electron chi connectivity index (χ1n) is 10.2. The van der Waals surface area contributed by atoms with E-state index in [-0.39, 0.29) is 32.0 Å². The number of likely N-dealkylation sites (tertiary alicyclic amines) is 1. The van der Waals surface area contributed by atoms with E-state index in [1.165, 1.54) is 12.0 Å². The third-order valence-electron chi connectivity index (χ3n) is 5.58. The molecular weight excluding hydrogens is 436 g/mol. The SMILES string of the molecule is COc1cc(CNC[C@]2(O)CN(C(=O)Cc3ccc(Cl)cc3)C[C@H]2O)cc(OC)c1OC. The predicted octanol–water partition coefficient (Wildman–Crippen LogP) is 1.63. The number of hydrogen-bond donors (Lipinski definition) is 3. The summed E-state index contributed by atoms with van der Waals surface area (Å²) in [5.74, 6) is 1.40. The number of nitrogens with one attached hydrogen (secondary N) is 1. The number of ether oxygens (including phenoxy) is 3. The van der Waals surface area contributed by atoms with E-state index in [1.807, 2.05) is 12.1 Å². The zero-order valence-corrected chi connectivity index (χ0v) is 19.2. The maximum absolute atomic E-state index is 12.6. The van der Waals surface area contributed by atoms with Gasteiger partial charge in [0.15, 0.2) is 11.5 Å². The molecule has 174 valence electrons. The highest BCUT2D eigenvalue weighted by Crippen LogP contribution is 2.38. The van der Waals surface area contributed by atoms with Crippen molar-refractivity contribution in [1.82, 2.24) is 10.2 Å². The van der Waals surface area contributed by atoms with E-state index in [2.05, 4.69) is 5.32 Å². The maximum atomic E-state index is 12.6. The molecular formula is C23H29ClN2O6. The van der Waals surface area contributed by atoms with Crippen molar-refractivity contribution in [3.05, 3.63) is 52.5 Å². The number of carbonyl (C=O) groups excluding carboxylic acids is 1. The van der Waals surface area contributed by atoms with Crippen LogP contribution in [0.5, 0.6) is 17.2 Å². The van der Waals surface area contributed by atoms with Crippen molar-refractivity contribution in [1.29, 1.82) is 0 Å². The van der Waals surface area contributed by atoms with Crippen molar-refractivity contribution < 1.29 is 29.2 Å². The van der Waals surface area contributed by atoms with Crippen LogP contribution in [0.15, 0.2) is 36.4 Å². The number of amides is 1. The highest BCUT2D eigenvalue weighted by molar-refractivity contribution is 6.30. The molecule has 0 bridgehead atoms. The Balaban J connectivity index is 1.59. The van der Waals surface area contributed by atoms with Crippen LogP contribution in [0, 0.1) is 0 Å². The van der Waals surface area contributed by atoms with Crippen LogP contribution >= 0.6 is 11.6 Å². The van der Waals surface area contributed by atoms with Gasteiger partial charge in [0.25, 0.3) is 0 Å². The zero-order valence-electron chi connectivity index (χ0n) is 18.4. The Morgan fingerprint density at radius 2 is 1.75 bits per heavy atom. The molecule has 2 atom stereocenters. The van der Waals surface area contributed by atoms with Crippen LogP contribution in [0.4, 0.5) is 0 Å². The lowest BCUT2D eigenvalue weighted by Gasteiger charge is -2.26. The average Bonchev–Trinajstić information content (AvgIpc) is 3.09. The van der Waals surface area contributed by atoms with E-state index in [9.17, 15) is 15.0 Å². The summed E-state index contributed by atoms with van der Waals surface area (Å²) in [6.07, 6.45) is -0.872. The van der Waals surface area contributed by atoms with E-state index < -0.39 is 11.7 Å². The highest BCUT2D eigenvalue weighted by atomic mass is 35.5. The Bertz CT molecular complexity index is 914. The summed E-state index contributed by atoms with van der Waals surface area (Å²) in [5, 5.41) is 25.1. The lowest BCUT2D eigenvalue weighted by molar-refractivity contribution is -0.130. The van der Waals surface area contributed by atoms with E-state index in [0.29, 0.717) is 28.8 Å². The molecule has 3 rings (SSSR count). The van der Waals surface area contributed by atoms with Crippen LogP contribution in [-0.4, -0.2) is 73.7 Å². The summed E-state index contributed by atoms with van der Waals surface area (Å²) < 4.78 is 16.0. The van der Waals surface area contributed by atoms with Gasteiger partial charge in [0.2, 0.25) is 11.7 Å². The second kappa shape index (κ2) is 10.4. The zero-order chi connectivity index (χ0) is 23.3. The second-order valence-corrected chi connectivity index (χ2v) is 8.27. The fraction of sp³-hybridized carbons (Fsp3) is 0.435. The molecule has 0 unspecified atom stereocenters. The summed E-state index contributed by atoms with van der Waals surface area (Å²) in [6.45, 7) is 0.623. The van der Waals surface area contributed by atoms with Gasteiger partial charge in [-0.1, -0.05) is 23.7 Å². The number of carbonyl (C=O) groups is 1. The monoisotopic (exact) mass is 464 g/mol. The highest BCUT2D eigenvalue weighted by Gasteiger charge is 2.45. The molecule has 1 amide bonds. The third kappa shape index (κ3) is 5.45. The molecule has 1 heterocycles. The first kappa shape index (κ1) is 24.1. The summed E-state index contributed by atoms with van der Waals surface area (Å²) in [6, 6.07) is 10.7. The molecule has 8 nitrogen and oxygen atoms in total. The molecule has 2 aromatic rings. The van der Waals surface area contributed by atoms with Crippen LogP contribution in [0.25, 0.3) is 0 Å². The number of benzene rings is 2. The summed E-state index contributed by atoms with van der Waals surface area (Å²) >= 11 is 5.88. The van der Waals surface area contributed by atoms with Crippen molar-refractivity contribution in [2.75, 3.05) is 41.0 Å². The van der Waals surface area contributed by atoms with E-state index in [0.717, 1.165) is 11.1 Å². The van der Waals surface area contributed by atoms with Crippen molar-refractivity contribution in [2.45, 2.75) is 24.7 Å². The topological polar surface area (TPSA) is 100 Å². The summed E-state index contributed by atoms with van der Waals surface area (Å²) in [7, 11) is 4.62. The smallest absolute Gasteiger partial charge is 0.227 e.